The molecule has 1 heterocycles. The summed E-state index contributed by atoms with van der Waals surface area (Å²) in [7, 11) is 1.11. The molecule has 1 aliphatic heterocycles. The van der Waals surface area contributed by atoms with Crippen molar-refractivity contribution in [2.45, 2.75) is 32.4 Å². The first-order valence-corrected chi connectivity index (χ1v) is 7.47. The number of carbonyl (C=O) groups excluding carboxylic acids is 4. The second-order valence-corrected chi connectivity index (χ2v) is 4.67. The first-order chi connectivity index (χ1) is 11.4. The second-order valence-electron chi connectivity index (χ2n) is 4.67. The molecule has 0 saturated carbocycles. The van der Waals surface area contributed by atoms with Crippen LogP contribution in [0.5, 0.6) is 0 Å². The Hall–Kier alpha value is -2.42. The van der Waals surface area contributed by atoms with E-state index in [0.29, 0.717) is 0 Å². The second kappa shape index (κ2) is 8.44. The Morgan fingerprint density at radius 1 is 1.00 bits per heavy atom. The number of carbonyl (C=O) groups is 4. The van der Waals surface area contributed by atoms with Gasteiger partial charge in [-0.25, -0.2) is 19.2 Å². The number of ether oxygens (including phenoxy) is 4. The average Bonchev–Trinajstić information content (AvgIpc) is 2.97. The highest BCUT2D eigenvalue weighted by atomic mass is 16.6. The number of esters is 4. The number of nitrogens with one attached hydrogen (secondary N) is 1. The Bertz CT molecular complexity index is 536. The lowest BCUT2D eigenvalue weighted by molar-refractivity contribution is -0.163. The van der Waals surface area contributed by atoms with E-state index in [9.17, 15) is 19.2 Å². The molecular weight excluding hydrogens is 322 g/mol. The Balaban J connectivity index is 3.36. The summed E-state index contributed by atoms with van der Waals surface area (Å²) in [4.78, 5) is 48.7. The molecule has 24 heavy (non-hydrogen) atoms. The molecule has 1 aliphatic rings. The molecule has 0 aromatic carbocycles. The van der Waals surface area contributed by atoms with Gasteiger partial charge in [-0.1, -0.05) is 0 Å². The third-order valence-corrected chi connectivity index (χ3v) is 3.19. The van der Waals surface area contributed by atoms with Gasteiger partial charge in [0, 0.05) is 0 Å². The van der Waals surface area contributed by atoms with Crippen molar-refractivity contribution in [2.24, 2.45) is 0 Å². The van der Waals surface area contributed by atoms with Crippen molar-refractivity contribution in [2.75, 3.05) is 26.9 Å². The fourth-order valence-electron chi connectivity index (χ4n) is 2.18. The van der Waals surface area contributed by atoms with Gasteiger partial charge < -0.3 is 18.9 Å². The monoisotopic (exact) mass is 343 g/mol. The minimum Gasteiger partial charge on any atom is -0.466 e. The maximum absolute atomic E-state index is 12.3. The molecular formula is C15H21NO8. The lowest BCUT2D eigenvalue weighted by Crippen LogP contribution is -2.59. The van der Waals surface area contributed by atoms with Crippen LogP contribution in [-0.4, -0.2) is 62.4 Å². The van der Waals surface area contributed by atoms with Crippen molar-refractivity contribution in [3.05, 3.63) is 11.6 Å². The molecule has 0 radical (unpaired) electrons. The van der Waals surface area contributed by atoms with E-state index in [1.54, 1.807) is 20.8 Å². The maximum Gasteiger partial charge on any atom is 0.342 e. The normalized spacial score (nSPS) is 18.3. The third kappa shape index (κ3) is 3.73. The van der Waals surface area contributed by atoms with Crippen LogP contribution in [0.3, 0.4) is 0 Å². The van der Waals surface area contributed by atoms with Crippen molar-refractivity contribution in [3.8, 4) is 0 Å². The van der Waals surface area contributed by atoms with Crippen LogP contribution in [0.2, 0.25) is 0 Å². The topological polar surface area (TPSA) is 117 Å². The van der Waals surface area contributed by atoms with Crippen LogP contribution in [0.4, 0.5) is 0 Å². The third-order valence-electron chi connectivity index (χ3n) is 3.19. The van der Waals surface area contributed by atoms with Gasteiger partial charge in [-0.2, -0.15) is 0 Å². The predicted octanol–water partition coefficient (Wildman–Crippen LogP) is -0.514. The van der Waals surface area contributed by atoms with Crippen molar-refractivity contribution < 1.29 is 38.1 Å². The van der Waals surface area contributed by atoms with Gasteiger partial charge in [0.25, 0.3) is 0 Å². The van der Waals surface area contributed by atoms with Crippen LogP contribution >= 0.6 is 0 Å². The van der Waals surface area contributed by atoms with E-state index in [2.05, 4.69) is 10.1 Å². The molecule has 0 saturated heterocycles. The summed E-state index contributed by atoms with van der Waals surface area (Å²) >= 11 is 0. The fourth-order valence-corrected chi connectivity index (χ4v) is 2.18. The molecule has 1 rings (SSSR count). The van der Waals surface area contributed by atoms with Gasteiger partial charge in [0.05, 0.1) is 32.5 Å². The molecule has 0 spiro atoms. The minimum absolute atomic E-state index is 0.00681. The molecule has 0 aromatic rings. The lowest BCUT2D eigenvalue weighted by atomic mass is 10.0. The maximum atomic E-state index is 12.3. The lowest BCUT2D eigenvalue weighted by Gasteiger charge is -2.24. The van der Waals surface area contributed by atoms with E-state index in [4.69, 9.17) is 14.2 Å². The number of methoxy groups -OCH3 is 1. The minimum atomic E-state index is -2.12. The Labute approximate surface area is 139 Å². The van der Waals surface area contributed by atoms with E-state index in [-0.39, 0.29) is 25.4 Å². The summed E-state index contributed by atoms with van der Waals surface area (Å²) in [5, 5.41) is 2.51. The van der Waals surface area contributed by atoms with E-state index in [1.807, 2.05) is 0 Å². The highest BCUT2D eigenvalue weighted by molar-refractivity contribution is 6.12. The number of rotatable bonds is 7. The molecule has 9 nitrogen and oxygen atoms in total. The summed E-state index contributed by atoms with van der Waals surface area (Å²) in [5.74, 6) is -3.69. The van der Waals surface area contributed by atoms with E-state index >= 15 is 0 Å². The van der Waals surface area contributed by atoms with E-state index in [1.165, 1.54) is 0 Å². The fraction of sp³-hybridized carbons (Fsp3) is 0.600. The molecule has 134 valence electrons. The predicted molar refractivity (Wildman–Crippen MR) is 79.7 cm³/mol. The Morgan fingerprint density at radius 2 is 1.50 bits per heavy atom. The summed E-state index contributed by atoms with van der Waals surface area (Å²) in [6.45, 7) is 4.73. The Kier molecular flexibility index (Phi) is 6.90. The van der Waals surface area contributed by atoms with Gasteiger partial charge in [0.15, 0.2) is 0 Å². The standard InChI is InChI=1S/C15H21NO8/c1-5-22-12(18)10-9(11(17)21-4)8-15(16-10,13(19)23-6-2)14(20)24-7-3/h8,10,16H,5-7H2,1-4H3. The summed E-state index contributed by atoms with van der Waals surface area (Å²) in [5.41, 5.74) is -2.34. The van der Waals surface area contributed by atoms with Crippen LogP contribution in [0.15, 0.2) is 11.6 Å². The van der Waals surface area contributed by atoms with E-state index in [0.717, 1.165) is 13.2 Å². The molecule has 1 unspecified atom stereocenters. The van der Waals surface area contributed by atoms with Gasteiger partial charge in [-0.3, -0.25) is 5.32 Å². The summed E-state index contributed by atoms with van der Waals surface area (Å²) in [6, 6.07) is -1.36. The van der Waals surface area contributed by atoms with Gasteiger partial charge in [0.1, 0.15) is 6.04 Å². The van der Waals surface area contributed by atoms with Crippen LogP contribution in [-0.2, 0) is 38.1 Å². The zero-order chi connectivity index (χ0) is 18.3. The first kappa shape index (κ1) is 19.6. The molecule has 9 heteroatoms. The van der Waals surface area contributed by atoms with Crippen LogP contribution in [0.1, 0.15) is 20.8 Å². The van der Waals surface area contributed by atoms with Crippen LogP contribution < -0.4 is 5.32 Å². The van der Waals surface area contributed by atoms with Crippen LogP contribution in [0, 0.1) is 0 Å². The molecule has 1 N–H and O–H groups in total. The summed E-state index contributed by atoms with van der Waals surface area (Å²) < 4.78 is 19.3. The quantitative estimate of drug-likeness (QED) is 0.370. The zero-order valence-electron chi connectivity index (χ0n) is 14.0. The molecule has 0 aliphatic carbocycles. The first-order valence-electron chi connectivity index (χ1n) is 7.47. The SMILES string of the molecule is CCOC(=O)C1NC(C(=O)OCC)(C(=O)OCC)C=C1C(=O)OC. The molecule has 0 aromatic heterocycles. The highest BCUT2D eigenvalue weighted by Crippen LogP contribution is 2.27. The van der Waals surface area contributed by atoms with Crippen molar-refractivity contribution in [3.63, 3.8) is 0 Å². The van der Waals surface area contributed by atoms with Gasteiger partial charge in [-0.05, 0) is 26.8 Å². The Morgan fingerprint density at radius 3 is 1.92 bits per heavy atom. The van der Waals surface area contributed by atoms with Crippen molar-refractivity contribution >= 4 is 23.9 Å². The van der Waals surface area contributed by atoms with Crippen LogP contribution in [0.25, 0.3) is 0 Å². The molecule has 0 bridgehead atoms. The molecule has 1 atom stereocenters. The van der Waals surface area contributed by atoms with Crippen molar-refractivity contribution in [1.82, 2.24) is 5.32 Å². The zero-order valence-corrected chi connectivity index (χ0v) is 14.0. The number of hydrogen-bond acceptors (Lipinski definition) is 9. The van der Waals surface area contributed by atoms with E-state index < -0.39 is 35.5 Å². The number of hydrogen-bond donors (Lipinski definition) is 1. The van der Waals surface area contributed by atoms with Crippen molar-refractivity contribution in [1.29, 1.82) is 0 Å². The van der Waals surface area contributed by atoms with Gasteiger partial charge in [-0.15, -0.1) is 0 Å². The highest BCUT2D eigenvalue weighted by Gasteiger charge is 2.56. The molecule has 0 fully saturated rings. The molecule has 0 amide bonds. The largest absolute Gasteiger partial charge is 0.466 e. The van der Waals surface area contributed by atoms with Gasteiger partial charge in [0.2, 0.25) is 5.54 Å². The van der Waals surface area contributed by atoms with Gasteiger partial charge >= 0.3 is 23.9 Å². The smallest absolute Gasteiger partial charge is 0.342 e. The summed E-state index contributed by atoms with van der Waals surface area (Å²) in [6.07, 6.45) is 0.996. The average molecular weight is 343 g/mol.